The number of carbonyl (C=O) groups is 4. The van der Waals surface area contributed by atoms with Crippen LogP contribution in [-0.4, -0.2) is 61.1 Å². The zero-order chi connectivity index (χ0) is 21.5. The average Bonchev–Trinajstić information content (AvgIpc) is 3.33. The van der Waals surface area contributed by atoms with Crippen LogP contribution in [0.25, 0.3) is 11.4 Å². The number of hydrogen-bond acceptors (Lipinski definition) is 9. The summed E-state index contributed by atoms with van der Waals surface area (Å²) in [6, 6.07) is 2.53. The molecule has 3 aliphatic rings. The van der Waals surface area contributed by atoms with Gasteiger partial charge < -0.3 is 9.42 Å². The van der Waals surface area contributed by atoms with Gasteiger partial charge in [-0.2, -0.15) is 4.98 Å². The lowest BCUT2D eigenvalue weighted by molar-refractivity contribution is -0.150. The van der Waals surface area contributed by atoms with Gasteiger partial charge in [-0.15, -0.1) is 0 Å². The van der Waals surface area contributed by atoms with Gasteiger partial charge in [0.05, 0.1) is 6.54 Å². The van der Waals surface area contributed by atoms with E-state index in [-0.39, 0.29) is 25.1 Å². The molecule has 0 radical (unpaired) electrons. The number of carbonyl (C=O) groups excluding carboxylic acids is 4. The number of pyridine rings is 1. The van der Waals surface area contributed by atoms with Crippen molar-refractivity contribution in [2.75, 3.05) is 6.54 Å². The number of hydrogen-bond donors (Lipinski definition) is 1. The monoisotopic (exact) mass is 422 g/mol. The SMILES string of the molecule is O=C1CCC(N2C(=O)C3=C(C2=O)N(Cc2nc(-c4ccncc4)no2)CCC3)C(=O)N1. The summed E-state index contributed by atoms with van der Waals surface area (Å²) in [5.41, 5.74) is 1.40. The van der Waals surface area contributed by atoms with E-state index in [9.17, 15) is 19.2 Å². The maximum Gasteiger partial charge on any atom is 0.278 e. The molecule has 1 fully saturated rings. The Morgan fingerprint density at radius 3 is 2.68 bits per heavy atom. The molecule has 4 amide bonds. The molecule has 0 aliphatic carbocycles. The molecule has 0 saturated carbocycles. The van der Waals surface area contributed by atoms with Gasteiger partial charge in [0, 0.05) is 36.5 Å². The van der Waals surface area contributed by atoms with Crippen LogP contribution in [0, 0.1) is 0 Å². The molecule has 1 N–H and O–H groups in total. The van der Waals surface area contributed by atoms with Crippen LogP contribution in [-0.2, 0) is 25.7 Å². The molecule has 1 unspecified atom stereocenters. The molecule has 5 rings (SSSR count). The normalized spacial score (nSPS) is 21.6. The first kappa shape index (κ1) is 19.1. The molecule has 5 heterocycles. The van der Waals surface area contributed by atoms with Crippen molar-refractivity contribution in [3.63, 3.8) is 0 Å². The lowest BCUT2D eigenvalue weighted by Gasteiger charge is -2.29. The summed E-state index contributed by atoms with van der Waals surface area (Å²) in [7, 11) is 0. The van der Waals surface area contributed by atoms with Crippen molar-refractivity contribution >= 4 is 23.6 Å². The third kappa shape index (κ3) is 3.27. The van der Waals surface area contributed by atoms with Crippen LogP contribution in [0.3, 0.4) is 0 Å². The van der Waals surface area contributed by atoms with Crippen LogP contribution in [0.2, 0.25) is 0 Å². The lowest BCUT2D eigenvalue weighted by Crippen LogP contribution is -2.55. The smallest absolute Gasteiger partial charge is 0.278 e. The summed E-state index contributed by atoms with van der Waals surface area (Å²) in [5.74, 6) is -1.31. The minimum atomic E-state index is -0.980. The van der Waals surface area contributed by atoms with Gasteiger partial charge in [-0.25, -0.2) is 0 Å². The molecule has 1 saturated heterocycles. The van der Waals surface area contributed by atoms with Crippen LogP contribution < -0.4 is 5.32 Å². The first-order valence-corrected chi connectivity index (χ1v) is 9.95. The molecule has 2 aromatic rings. The van der Waals surface area contributed by atoms with Crippen LogP contribution in [0.4, 0.5) is 0 Å². The standard InChI is InChI=1S/C20H18N6O5/c27-14-4-3-13(18(28)22-14)26-19(29)12-2-1-9-25(16(12)20(26)30)10-15-23-17(24-31-15)11-5-7-21-8-6-11/h5-8,13H,1-4,9-10H2,(H,22,27,28). The third-order valence-corrected chi connectivity index (χ3v) is 5.61. The van der Waals surface area contributed by atoms with E-state index < -0.39 is 29.7 Å². The van der Waals surface area contributed by atoms with E-state index >= 15 is 0 Å². The van der Waals surface area contributed by atoms with E-state index in [0.29, 0.717) is 36.7 Å². The van der Waals surface area contributed by atoms with E-state index in [1.54, 1.807) is 29.4 Å². The number of imide groups is 2. The predicted octanol–water partition coefficient (Wildman–Crippen LogP) is 0.156. The van der Waals surface area contributed by atoms with Gasteiger partial charge in [-0.3, -0.25) is 34.4 Å². The molecule has 31 heavy (non-hydrogen) atoms. The molecule has 1 atom stereocenters. The zero-order valence-electron chi connectivity index (χ0n) is 16.4. The van der Waals surface area contributed by atoms with Gasteiger partial charge in [0.25, 0.3) is 11.8 Å². The minimum Gasteiger partial charge on any atom is -0.357 e. The van der Waals surface area contributed by atoms with Crippen molar-refractivity contribution in [3.8, 4) is 11.4 Å². The largest absolute Gasteiger partial charge is 0.357 e. The average molecular weight is 422 g/mol. The molecule has 11 nitrogen and oxygen atoms in total. The molecule has 0 spiro atoms. The van der Waals surface area contributed by atoms with Crippen molar-refractivity contribution in [2.45, 2.75) is 38.3 Å². The molecular weight excluding hydrogens is 404 g/mol. The van der Waals surface area contributed by atoms with Gasteiger partial charge in [0.2, 0.25) is 23.5 Å². The van der Waals surface area contributed by atoms with E-state index in [1.165, 1.54) is 0 Å². The highest BCUT2D eigenvalue weighted by Gasteiger charge is 2.48. The Labute approximate surface area is 176 Å². The fourth-order valence-electron chi connectivity index (χ4n) is 4.16. The Balaban J connectivity index is 1.38. The first-order valence-electron chi connectivity index (χ1n) is 9.95. The van der Waals surface area contributed by atoms with Crippen molar-refractivity contribution in [3.05, 3.63) is 41.7 Å². The molecule has 0 bridgehead atoms. The van der Waals surface area contributed by atoms with Gasteiger partial charge in [-0.1, -0.05) is 5.16 Å². The van der Waals surface area contributed by atoms with Gasteiger partial charge in [0.1, 0.15) is 11.7 Å². The number of nitrogens with one attached hydrogen (secondary N) is 1. The van der Waals surface area contributed by atoms with Crippen molar-refractivity contribution in [1.82, 2.24) is 30.2 Å². The summed E-state index contributed by atoms with van der Waals surface area (Å²) in [4.78, 5) is 60.9. The Morgan fingerprint density at radius 1 is 1.10 bits per heavy atom. The molecule has 3 aliphatic heterocycles. The van der Waals surface area contributed by atoms with Crippen molar-refractivity contribution < 1.29 is 23.7 Å². The maximum atomic E-state index is 13.2. The summed E-state index contributed by atoms with van der Waals surface area (Å²) < 4.78 is 5.35. The second-order valence-electron chi connectivity index (χ2n) is 7.55. The number of rotatable bonds is 4. The van der Waals surface area contributed by atoms with Gasteiger partial charge in [0.15, 0.2) is 0 Å². The quantitative estimate of drug-likeness (QED) is 0.682. The summed E-state index contributed by atoms with van der Waals surface area (Å²) in [6.45, 7) is 0.702. The van der Waals surface area contributed by atoms with Crippen molar-refractivity contribution in [2.24, 2.45) is 0 Å². The maximum absolute atomic E-state index is 13.2. The van der Waals surface area contributed by atoms with Crippen LogP contribution in [0.1, 0.15) is 31.6 Å². The van der Waals surface area contributed by atoms with Gasteiger partial charge in [-0.05, 0) is 31.4 Å². The number of amides is 4. The van der Waals surface area contributed by atoms with Gasteiger partial charge >= 0.3 is 0 Å². The summed E-state index contributed by atoms with van der Waals surface area (Å²) in [5, 5.41) is 6.18. The summed E-state index contributed by atoms with van der Waals surface area (Å²) in [6.07, 6.45) is 4.58. The number of nitrogens with zero attached hydrogens (tertiary/aromatic N) is 5. The van der Waals surface area contributed by atoms with E-state index in [0.717, 1.165) is 10.5 Å². The molecule has 11 heteroatoms. The Bertz CT molecular complexity index is 1120. The Hall–Kier alpha value is -3.89. The zero-order valence-corrected chi connectivity index (χ0v) is 16.4. The highest BCUT2D eigenvalue weighted by molar-refractivity contribution is 6.21. The fraction of sp³-hybridized carbons (Fsp3) is 0.350. The van der Waals surface area contributed by atoms with Crippen molar-refractivity contribution in [1.29, 1.82) is 0 Å². The number of piperidine rings is 1. The summed E-state index contributed by atoms with van der Waals surface area (Å²) >= 11 is 0. The topological polar surface area (TPSA) is 139 Å². The number of aromatic nitrogens is 3. The highest BCUT2D eigenvalue weighted by Crippen LogP contribution is 2.34. The third-order valence-electron chi connectivity index (χ3n) is 5.61. The van der Waals surface area contributed by atoms with E-state index in [1.807, 2.05) is 0 Å². The lowest BCUT2D eigenvalue weighted by atomic mass is 10.0. The highest BCUT2D eigenvalue weighted by atomic mass is 16.5. The van der Waals surface area contributed by atoms with Crippen LogP contribution >= 0.6 is 0 Å². The fourth-order valence-corrected chi connectivity index (χ4v) is 4.16. The minimum absolute atomic E-state index is 0.0849. The second-order valence-corrected chi connectivity index (χ2v) is 7.55. The van der Waals surface area contributed by atoms with Crippen LogP contribution in [0.5, 0.6) is 0 Å². The molecular formula is C20H18N6O5. The molecule has 2 aromatic heterocycles. The first-order chi connectivity index (χ1) is 15.0. The Morgan fingerprint density at radius 2 is 1.90 bits per heavy atom. The second kappa shape index (κ2) is 7.42. The molecule has 158 valence electrons. The van der Waals surface area contributed by atoms with E-state index in [2.05, 4.69) is 20.4 Å². The predicted molar refractivity (Wildman–Crippen MR) is 102 cm³/mol. The van der Waals surface area contributed by atoms with E-state index in [4.69, 9.17) is 4.52 Å². The Kier molecular flexibility index (Phi) is 4.57. The molecule has 0 aromatic carbocycles. The van der Waals surface area contributed by atoms with Crippen LogP contribution in [0.15, 0.2) is 40.3 Å².